The predicted molar refractivity (Wildman–Crippen MR) is 63.7 cm³/mol. The zero-order valence-electron chi connectivity index (χ0n) is 7.64. The molecule has 0 aliphatic rings. The summed E-state index contributed by atoms with van der Waals surface area (Å²) < 4.78 is 45.8. The molecule has 0 fully saturated rings. The molecular weight excluding hydrogens is 278 g/mol. The van der Waals surface area contributed by atoms with Crippen molar-refractivity contribution < 1.29 is 16.8 Å². The molecule has 0 atom stereocenters. The second kappa shape index (κ2) is 5.23. The van der Waals surface area contributed by atoms with Crippen LogP contribution in [0.15, 0.2) is 12.1 Å². The molecule has 1 rings (SSSR count). The maximum atomic E-state index is 10.4. The third-order valence-electron chi connectivity index (χ3n) is 1.56. The molecule has 10 heteroatoms. The summed E-state index contributed by atoms with van der Waals surface area (Å²) >= 11 is 5.69. The van der Waals surface area contributed by atoms with Crippen LogP contribution >= 0.6 is 11.6 Å². The van der Waals surface area contributed by atoms with E-state index in [0.717, 1.165) is 0 Å². The number of anilines is 3. The molecule has 0 unspecified atom stereocenters. The number of hydrogen-bond donors (Lipinski definition) is 5. The molecule has 90 valence electrons. The van der Waals surface area contributed by atoms with Gasteiger partial charge in [0.25, 0.3) is 0 Å². The topological polar surface area (TPSA) is 118 Å². The molecule has 0 bridgehead atoms. The molecule has 0 radical (unpaired) electrons. The highest BCUT2D eigenvalue weighted by Gasteiger charge is 2.07. The second-order valence-corrected chi connectivity index (χ2v) is 4.54. The van der Waals surface area contributed by atoms with Crippen LogP contribution in [0, 0.1) is 0 Å². The lowest BCUT2D eigenvalue weighted by Gasteiger charge is -2.08. The first-order valence-corrected chi connectivity index (χ1v) is 6.54. The molecular formula is C6H8ClN3O4S2. The summed E-state index contributed by atoms with van der Waals surface area (Å²) in [5, 5.41) is 0.0726. The van der Waals surface area contributed by atoms with Crippen LogP contribution < -0.4 is 15.2 Å². The molecule has 16 heavy (non-hydrogen) atoms. The van der Waals surface area contributed by atoms with Crippen molar-refractivity contribution in [1.29, 1.82) is 0 Å². The number of benzene rings is 1. The van der Waals surface area contributed by atoms with Crippen LogP contribution in [0.5, 0.6) is 0 Å². The lowest BCUT2D eigenvalue weighted by atomic mass is 10.2. The minimum Gasteiger partial charge on any atom is -0.397 e. The maximum absolute atomic E-state index is 10.4. The van der Waals surface area contributed by atoms with Gasteiger partial charge in [-0.25, -0.2) is 16.8 Å². The van der Waals surface area contributed by atoms with E-state index in [0.29, 0.717) is 0 Å². The Kier molecular flexibility index (Phi) is 4.21. The van der Waals surface area contributed by atoms with Crippen LogP contribution in [0.1, 0.15) is 0 Å². The highest BCUT2D eigenvalue weighted by atomic mass is 35.5. The van der Waals surface area contributed by atoms with Gasteiger partial charge in [0.15, 0.2) is 0 Å². The van der Waals surface area contributed by atoms with Gasteiger partial charge in [-0.15, -0.1) is 0 Å². The summed E-state index contributed by atoms with van der Waals surface area (Å²) in [6.45, 7) is 0. The quantitative estimate of drug-likeness (QED) is 0.388. The second-order valence-electron chi connectivity index (χ2n) is 2.66. The first-order chi connectivity index (χ1) is 7.40. The summed E-state index contributed by atoms with van der Waals surface area (Å²) in [7, 11) is -5.78. The lowest BCUT2D eigenvalue weighted by molar-refractivity contribution is 0.617. The van der Waals surface area contributed by atoms with Gasteiger partial charge in [0.2, 0.25) is 21.8 Å². The first kappa shape index (κ1) is 12.9. The molecule has 0 spiro atoms. The van der Waals surface area contributed by atoms with Gasteiger partial charge < -0.3 is 5.73 Å². The Morgan fingerprint density at radius 1 is 1.00 bits per heavy atom. The fraction of sp³-hybridized carbons (Fsp3) is 0. The van der Waals surface area contributed by atoms with Crippen molar-refractivity contribution >= 4 is 50.4 Å². The van der Waals surface area contributed by atoms with Gasteiger partial charge in [-0.1, -0.05) is 11.6 Å². The van der Waals surface area contributed by atoms with Crippen molar-refractivity contribution in [2.75, 3.05) is 15.2 Å². The van der Waals surface area contributed by atoms with Gasteiger partial charge in [-0.05, 0) is 12.1 Å². The Hall–Kier alpha value is -1.19. The lowest BCUT2D eigenvalue weighted by Crippen LogP contribution is -2.02. The minimum absolute atomic E-state index is 0.0475. The molecule has 7 nitrogen and oxygen atoms in total. The number of nitrogens with two attached hydrogens (primary N) is 1. The van der Waals surface area contributed by atoms with E-state index in [1.54, 1.807) is 0 Å². The summed E-state index contributed by atoms with van der Waals surface area (Å²) in [5.74, 6) is 0. The van der Waals surface area contributed by atoms with Crippen molar-refractivity contribution in [2.24, 2.45) is 0 Å². The van der Waals surface area contributed by atoms with E-state index >= 15 is 0 Å². The number of hydrogen-bond acceptors (Lipinski definition) is 5. The van der Waals surface area contributed by atoms with Crippen LogP contribution in [-0.2, 0) is 21.8 Å². The zero-order chi connectivity index (χ0) is 12.3. The van der Waals surface area contributed by atoms with Crippen LogP contribution in [-0.4, -0.2) is 16.8 Å². The zero-order valence-corrected chi connectivity index (χ0v) is 10.2. The third-order valence-corrected chi connectivity index (χ3v) is 2.72. The molecule has 1 aromatic carbocycles. The van der Waals surface area contributed by atoms with Gasteiger partial charge in [-0.3, -0.25) is 9.44 Å². The average molecular weight is 286 g/mol. The van der Waals surface area contributed by atoms with Gasteiger partial charge in [0.1, 0.15) is 0 Å². The minimum atomic E-state index is -2.89. The maximum Gasteiger partial charge on any atom is 0.222 e. The predicted octanol–water partition coefficient (Wildman–Crippen LogP) is -0.201. The van der Waals surface area contributed by atoms with Gasteiger partial charge in [0, 0.05) is 0 Å². The van der Waals surface area contributed by atoms with E-state index in [-0.39, 0.29) is 22.1 Å². The monoisotopic (exact) mass is 285 g/mol. The summed E-state index contributed by atoms with van der Waals surface area (Å²) in [6, 6.07) is 2.43. The number of nitrogens with one attached hydrogen (secondary N) is 2. The molecule has 0 heterocycles. The first-order valence-electron chi connectivity index (χ1n) is 3.81. The van der Waals surface area contributed by atoms with E-state index in [9.17, 15) is 16.8 Å². The number of halogens is 1. The van der Waals surface area contributed by atoms with Crippen LogP contribution in [0.3, 0.4) is 0 Å². The smallest absolute Gasteiger partial charge is 0.222 e. The Labute approximate surface area is 99.8 Å². The van der Waals surface area contributed by atoms with E-state index in [2.05, 4.69) is 0 Å². The Bertz CT molecular complexity index is 494. The normalized spacial score (nSPS) is 10.7. The van der Waals surface area contributed by atoms with E-state index in [1.165, 1.54) is 12.1 Å². The largest absolute Gasteiger partial charge is 0.397 e. The Morgan fingerprint density at radius 2 is 1.50 bits per heavy atom. The highest BCUT2D eigenvalue weighted by molar-refractivity contribution is 7.74. The molecule has 1 aromatic rings. The van der Waals surface area contributed by atoms with Gasteiger partial charge in [0.05, 0.1) is 22.1 Å². The summed E-state index contributed by atoms with van der Waals surface area (Å²) in [5.41, 5.74) is 5.67. The van der Waals surface area contributed by atoms with Crippen LogP contribution in [0.2, 0.25) is 5.02 Å². The van der Waals surface area contributed by atoms with Crippen LogP contribution in [0.25, 0.3) is 0 Å². The Balaban J connectivity index is 3.20. The standard InChI is InChI=1S/C6H8ClN3O4S2/c7-3-1-4(8)6(10-16(13)14)2-5(3)9-15(11)12/h1-2,15-16H,8H2,(H,9,11,12)(H,10,13,14). The Morgan fingerprint density at radius 3 is 2.00 bits per heavy atom. The van der Waals surface area contributed by atoms with E-state index in [1.807, 2.05) is 9.44 Å². The van der Waals surface area contributed by atoms with Crippen LogP contribution in [0.4, 0.5) is 17.1 Å². The van der Waals surface area contributed by atoms with Gasteiger partial charge >= 0.3 is 0 Å². The number of thiol groups is 2. The molecule has 0 aliphatic heterocycles. The average Bonchev–Trinajstić information content (AvgIpc) is 2.11. The molecule has 4 N–H and O–H groups in total. The number of rotatable bonds is 4. The van der Waals surface area contributed by atoms with Gasteiger partial charge in [-0.2, -0.15) is 0 Å². The van der Waals surface area contributed by atoms with Crippen molar-refractivity contribution in [1.82, 2.24) is 0 Å². The fourth-order valence-corrected chi connectivity index (χ4v) is 2.03. The van der Waals surface area contributed by atoms with Crippen molar-refractivity contribution in [3.8, 4) is 0 Å². The summed E-state index contributed by atoms with van der Waals surface area (Å²) in [4.78, 5) is 0. The molecule has 0 aliphatic carbocycles. The molecule has 0 amide bonds. The van der Waals surface area contributed by atoms with E-state index < -0.39 is 21.8 Å². The van der Waals surface area contributed by atoms with Crippen molar-refractivity contribution in [3.05, 3.63) is 17.2 Å². The number of nitrogen functional groups attached to an aromatic ring is 1. The third kappa shape index (κ3) is 3.43. The summed E-state index contributed by atoms with van der Waals surface area (Å²) in [6.07, 6.45) is 0. The SMILES string of the molecule is Nc1cc(Cl)c(N[SH](=O)=O)cc1N[SH](=O)=O. The molecule has 0 aromatic heterocycles. The molecule has 0 saturated heterocycles. The molecule has 0 saturated carbocycles. The van der Waals surface area contributed by atoms with E-state index in [4.69, 9.17) is 17.3 Å². The van der Waals surface area contributed by atoms with Crippen molar-refractivity contribution in [3.63, 3.8) is 0 Å². The highest BCUT2D eigenvalue weighted by Crippen LogP contribution is 2.31. The van der Waals surface area contributed by atoms with Crippen molar-refractivity contribution in [2.45, 2.75) is 0 Å². The fourth-order valence-electron chi connectivity index (χ4n) is 0.968.